The molecule has 0 radical (unpaired) electrons. The summed E-state index contributed by atoms with van der Waals surface area (Å²) in [5.74, 6) is -0.350. The predicted octanol–water partition coefficient (Wildman–Crippen LogP) is 3.26. The van der Waals surface area contributed by atoms with Gasteiger partial charge in [0.25, 0.3) is 15.9 Å². The summed E-state index contributed by atoms with van der Waals surface area (Å²) < 4.78 is 64.7. The number of carbonyl (C=O) groups is 1. The molecule has 0 fully saturated rings. The molecule has 2 N–H and O–H groups in total. The van der Waals surface area contributed by atoms with E-state index in [0.29, 0.717) is 12.6 Å². The fourth-order valence-electron chi connectivity index (χ4n) is 2.02. The Kier molecular flexibility index (Phi) is 5.36. The molecule has 2 rings (SSSR count). The average Bonchev–Trinajstić information content (AvgIpc) is 2.54. The number of halogens is 3. The summed E-state index contributed by atoms with van der Waals surface area (Å²) in [6.07, 6.45) is -4.57. The molecule has 0 spiro atoms. The maximum atomic E-state index is 12.7. The minimum atomic E-state index is -4.57. The molecule has 2 aromatic carbocycles. The van der Waals surface area contributed by atoms with Gasteiger partial charge >= 0.3 is 6.18 Å². The van der Waals surface area contributed by atoms with Gasteiger partial charge in [0.1, 0.15) is 0 Å². The lowest BCUT2D eigenvalue weighted by molar-refractivity contribution is -0.137. The van der Waals surface area contributed by atoms with Crippen LogP contribution < -0.4 is 10.0 Å². The normalized spacial score (nSPS) is 11.8. The van der Waals surface area contributed by atoms with Crippen molar-refractivity contribution >= 4 is 21.6 Å². The Morgan fingerprint density at radius 2 is 1.72 bits per heavy atom. The van der Waals surface area contributed by atoms with Gasteiger partial charge in [-0.1, -0.05) is 6.07 Å². The number of carbonyl (C=O) groups excluding carboxylic acids is 1. The highest BCUT2D eigenvalue weighted by atomic mass is 32.2. The molecule has 2 aromatic rings. The van der Waals surface area contributed by atoms with Crippen molar-refractivity contribution in [2.45, 2.75) is 18.0 Å². The molecule has 9 heteroatoms. The lowest BCUT2D eigenvalue weighted by atomic mass is 10.2. The molecule has 25 heavy (non-hydrogen) atoms. The van der Waals surface area contributed by atoms with Gasteiger partial charge in [0, 0.05) is 17.8 Å². The van der Waals surface area contributed by atoms with Crippen LogP contribution in [0, 0.1) is 0 Å². The van der Waals surface area contributed by atoms with Gasteiger partial charge in [-0.25, -0.2) is 8.42 Å². The number of amides is 1. The van der Waals surface area contributed by atoms with E-state index in [2.05, 4.69) is 10.0 Å². The summed E-state index contributed by atoms with van der Waals surface area (Å²) >= 11 is 0. The third-order valence-corrected chi connectivity index (χ3v) is 4.60. The van der Waals surface area contributed by atoms with Crippen LogP contribution in [0.2, 0.25) is 0 Å². The Balaban J connectivity index is 2.23. The number of benzene rings is 2. The molecule has 1 amide bonds. The van der Waals surface area contributed by atoms with Crippen molar-refractivity contribution in [1.82, 2.24) is 5.32 Å². The van der Waals surface area contributed by atoms with Crippen molar-refractivity contribution in [3.63, 3.8) is 0 Å². The van der Waals surface area contributed by atoms with E-state index in [1.54, 1.807) is 6.92 Å². The first kappa shape index (κ1) is 18.8. The molecule has 0 heterocycles. The maximum Gasteiger partial charge on any atom is 0.416 e. The lowest BCUT2D eigenvalue weighted by Gasteiger charge is -2.11. The van der Waals surface area contributed by atoms with Crippen LogP contribution in [0.3, 0.4) is 0 Å². The number of sulfonamides is 1. The largest absolute Gasteiger partial charge is 0.416 e. The van der Waals surface area contributed by atoms with Gasteiger partial charge < -0.3 is 5.32 Å². The first-order valence-electron chi connectivity index (χ1n) is 7.22. The van der Waals surface area contributed by atoms with Crippen LogP contribution in [-0.2, 0) is 16.2 Å². The Bertz CT molecular complexity index is 863. The van der Waals surface area contributed by atoms with Gasteiger partial charge in [-0.2, -0.15) is 13.2 Å². The van der Waals surface area contributed by atoms with E-state index in [-0.39, 0.29) is 22.1 Å². The van der Waals surface area contributed by atoms with Crippen LogP contribution in [0.25, 0.3) is 0 Å². The Morgan fingerprint density at radius 3 is 2.28 bits per heavy atom. The van der Waals surface area contributed by atoms with Gasteiger partial charge in [-0.05, 0) is 49.4 Å². The maximum absolute atomic E-state index is 12.7. The summed E-state index contributed by atoms with van der Waals surface area (Å²) in [5.41, 5.74) is -0.887. The van der Waals surface area contributed by atoms with E-state index in [1.165, 1.54) is 30.3 Å². The molecule has 134 valence electrons. The Labute approximate surface area is 142 Å². The summed E-state index contributed by atoms with van der Waals surface area (Å²) in [5, 5.41) is 2.57. The fourth-order valence-corrected chi connectivity index (χ4v) is 3.07. The molecule has 0 atom stereocenters. The van der Waals surface area contributed by atoms with Crippen molar-refractivity contribution in [2.75, 3.05) is 11.3 Å². The van der Waals surface area contributed by atoms with Crippen molar-refractivity contribution in [1.29, 1.82) is 0 Å². The molecule has 0 saturated heterocycles. The molecule has 0 unspecified atom stereocenters. The number of nitrogens with one attached hydrogen (secondary N) is 2. The second-order valence-corrected chi connectivity index (χ2v) is 6.75. The highest BCUT2D eigenvalue weighted by molar-refractivity contribution is 7.92. The summed E-state index contributed by atoms with van der Waals surface area (Å²) in [6, 6.07) is 8.95. The van der Waals surface area contributed by atoms with E-state index < -0.39 is 21.8 Å². The van der Waals surface area contributed by atoms with E-state index in [4.69, 9.17) is 0 Å². The van der Waals surface area contributed by atoms with Crippen molar-refractivity contribution in [2.24, 2.45) is 0 Å². The third kappa shape index (κ3) is 4.72. The van der Waals surface area contributed by atoms with Crippen molar-refractivity contribution < 1.29 is 26.4 Å². The molecule has 0 saturated carbocycles. The number of hydrogen-bond donors (Lipinski definition) is 2. The number of rotatable bonds is 5. The van der Waals surface area contributed by atoms with Gasteiger partial charge in [0.15, 0.2) is 0 Å². The van der Waals surface area contributed by atoms with E-state index in [9.17, 15) is 26.4 Å². The predicted molar refractivity (Wildman–Crippen MR) is 86.7 cm³/mol. The van der Waals surface area contributed by atoms with Gasteiger partial charge in [0.05, 0.1) is 10.5 Å². The summed E-state index contributed by atoms with van der Waals surface area (Å²) in [6.45, 7) is 2.17. The zero-order valence-electron chi connectivity index (χ0n) is 13.1. The minimum absolute atomic E-state index is 0.169. The number of alkyl halides is 3. The van der Waals surface area contributed by atoms with Crippen LogP contribution in [0.4, 0.5) is 18.9 Å². The average molecular weight is 372 g/mol. The molecule has 0 aliphatic heterocycles. The van der Waals surface area contributed by atoms with Crippen LogP contribution >= 0.6 is 0 Å². The number of anilines is 1. The molecular weight excluding hydrogens is 357 g/mol. The zero-order chi connectivity index (χ0) is 18.7. The standard InChI is InChI=1S/C16H15F3N2O3S/c1-2-20-15(22)11-6-8-14(9-7-11)25(23,24)21-13-5-3-4-12(10-13)16(17,18)19/h3-10,21H,2H2,1H3,(H,20,22). The highest BCUT2D eigenvalue weighted by Crippen LogP contribution is 2.31. The smallest absolute Gasteiger partial charge is 0.352 e. The first-order valence-corrected chi connectivity index (χ1v) is 8.70. The highest BCUT2D eigenvalue weighted by Gasteiger charge is 2.30. The molecule has 0 aliphatic rings. The van der Waals surface area contributed by atoms with Gasteiger partial charge in [-0.15, -0.1) is 0 Å². The van der Waals surface area contributed by atoms with Crippen LogP contribution in [-0.4, -0.2) is 20.9 Å². The quantitative estimate of drug-likeness (QED) is 0.846. The fraction of sp³-hybridized carbons (Fsp3) is 0.188. The van der Waals surface area contributed by atoms with E-state index in [0.717, 1.165) is 12.1 Å². The van der Waals surface area contributed by atoms with E-state index in [1.807, 2.05) is 0 Å². The van der Waals surface area contributed by atoms with Crippen molar-refractivity contribution in [3.05, 3.63) is 59.7 Å². The minimum Gasteiger partial charge on any atom is -0.352 e. The van der Waals surface area contributed by atoms with Gasteiger partial charge in [-0.3, -0.25) is 9.52 Å². The molecule has 0 aliphatic carbocycles. The molecule has 5 nitrogen and oxygen atoms in total. The second kappa shape index (κ2) is 7.14. The van der Waals surface area contributed by atoms with Crippen LogP contribution in [0.15, 0.2) is 53.4 Å². The third-order valence-electron chi connectivity index (χ3n) is 3.21. The van der Waals surface area contributed by atoms with Crippen LogP contribution in [0.1, 0.15) is 22.8 Å². The molecule has 0 aromatic heterocycles. The number of hydrogen-bond acceptors (Lipinski definition) is 3. The summed E-state index contributed by atoms with van der Waals surface area (Å²) in [4.78, 5) is 11.5. The first-order chi connectivity index (χ1) is 11.6. The van der Waals surface area contributed by atoms with Crippen LogP contribution in [0.5, 0.6) is 0 Å². The SMILES string of the molecule is CCNC(=O)c1ccc(S(=O)(=O)Nc2cccc(C(F)(F)F)c2)cc1. The summed E-state index contributed by atoms with van der Waals surface area (Å²) in [7, 11) is -4.08. The van der Waals surface area contributed by atoms with Crippen molar-refractivity contribution in [3.8, 4) is 0 Å². The monoisotopic (exact) mass is 372 g/mol. The topological polar surface area (TPSA) is 75.3 Å². The zero-order valence-corrected chi connectivity index (χ0v) is 13.9. The molecule has 0 bridgehead atoms. The lowest BCUT2D eigenvalue weighted by Crippen LogP contribution is -2.22. The Hall–Kier alpha value is -2.55. The Morgan fingerprint density at radius 1 is 1.08 bits per heavy atom. The molecular formula is C16H15F3N2O3S. The van der Waals surface area contributed by atoms with Gasteiger partial charge in [0.2, 0.25) is 0 Å². The van der Waals surface area contributed by atoms with E-state index >= 15 is 0 Å². The second-order valence-electron chi connectivity index (χ2n) is 5.07.